The first kappa shape index (κ1) is 17.0. The third-order valence-corrected chi connectivity index (χ3v) is 4.59. The second kappa shape index (κ2) is 8.35. The van der Waals surface area contributed by atoms with Crippen LogP contribution in [-0.2, 0) is 17.9 Å². The summed E-state index contributed by atoms with van der Waals surface area (Å²) in [6, 6.07) is 5.54. The van der Waals surface area contributed by atoms with E-state index >= 15 is 0 Å². The Kier molecular flexibility index (Phi) is 5.93. The second-order valence-corrected chi connectivity index (χ2v) is 6.38. The van der Waals surface area contributed by atoms with Gasteiger partial charge in [-0.25, -0.2) is 4.79 Å². The van der Waals surface area contributed by atoms with Crippen LogP contribution in [-0.4, -0.2) is 48.4 Å². The zero-order valence-corrected chi connectivity index (χ0v) is 14.0. The Morgan fingerprint density at radius 2 is 2.25 bits per heavy atom. The fraction of sp³-hybridized carbons (Fsp3) is 0.611. The Balaban J connectivity index is 1.52. The average molecular weight is 334 g/mol. The lowest BCUT2D eigenvalue weighted by atomic mass is 10.1. The van der Waals surface area contributed by atoms with Crippen molar-refractivity contribution in [3.8, 4) is 5.75 Å². The molecule has 2 aliphatic rings. The molecule has 1 aromatic rings. The lowest BCUT2D eigenvalue weighted by molar-refractivity contribution is 0.0118. The molecule has 132 valence electrons. The number of fused-ring (bicyclic) bond motifs is 1. The molecule has 0 saturated carbocycles. The zero-order valence-electron chi connectivity index (χ0n) is 14.0. The number of amides is 2. The summed E-state index contributed by atoms with van der Waals surface area (Å²) >= 11 is 0. The molecule has 2 N–H and O–H groups in total. The van der Waals surface area contributed by atoms with E-state index in [1.165, 1.54) is 6.42 Å². The number of nitrogens with one attached hydrogen (secondary N) is 1. The normalized spacial score (nSPS) is 20.7. The summed E-state index contributed by atoms with van der Waals surface area (Å²) in [5, 5.41) is 12.3. The Bertz CT molecular complexity index is 558. The molecule has 0 bridgehead atoms. The van der Waals surface area contributed by atoms with Crippen molar-refractivity contribution in [1.29, 1.82) is 0 Å². The third kappa shape index (κ3) is 4.39. The molecule has 24 heavy (non-hydrogen) atoms. The number of carbonyl (C=O) groups is 1. The number of nitrogens with zero attached hydrogens (tertiary/aromatic N) is 1. The average Bonchev–Trinajstić information content (AvgIpc) is 2.84. The molecule has 6 heteroatoms. The highest BCUT2D eigenvalue weighted by Crippen LogP contribution is 2.24. The molecule has 1 saturated heterocycles. The van der Waals surface area contributed by atoms with E-state index in [9.17, 15) is 9.90 Å². The molecule has 1 atom stereocenters. The number of benzene rings is 1. The molecule has 0 aliphatic carbocycles. The quantitative estimate of drug-likeness (QED) is 0.884. The van der Waals surface area contributed by atoms with E-state index < -0.39 is 0 Å². The van der Waals surface area contributed by atoms with Gasteiger partial charge in [0.2, 0.25) is 0 Å². The number of ether oxygens (including phenoxy) is 2. The summed E-state index contributed by atoms with van der Waals surface area (Å²) in [5.74, 6) is 0.790. The van der Waals surface area contributed by atoms with E-state index in [-0.39, 0.29) is 18.7 Å². The second-order valence-electron chi connectivity index (χ2n) is 6.38. The first-order chi connectivity index (χ1) is 11.8. The van der Waals surface area contributed by atoms with Crippen molar-refractivity contribution in [2.24, 2.45) is 0 Å². The van der Waals surface area contributed by atoms with Gasteiger partial charge < -0.3 is 24.8 Å². The number of rotatable bonds is 4. The van der Waals surface area contributed by atoms with Crippen LogP contribution in [0.1, 0.15) is 36.8 Å². The minimum absolute atomic E-state index is 0.0130. The van der Waals surface area contributed by atoms with Gasteiger partial charge in [-0.15, -0.1) is 0 Å². The van der Waals surface area contributed by atoms with Gasteiger partial charge in [-0.3, -0.25) is 0 Å². The van der Waals surface area contributed by atoms with Crippen molar-refractivity contribution in [2.75, 3.05) is 26.3 Å². The van der Waals surface area contributed by atoms with Crippen LogP contribution in [0.5, 0.6) is 5.75 Å². The first-order valence-corrected chi connectivity index (χ1v) is 8.76. The molecule has 3 rings (SSSR count). The number of hydrogen-bond donors (Lipinski definition) is 2. The standard InChI is InChI=1S/C18H26N2O4/c21-13-14-4-5-17-15(11-14)12-20(8-10-24-17)18(22)19-7-6-16-3-1-2-9-23-16/h4-5,11,16,21H,1-3,6-10,12-13H2,(H,19,22)/t16-/m1/s1. The van der Waals surface area contributed by atoms with Crippen LogP contribution in [0.25, 0.3) is 0 Å². The molecule has 0 spiro atoms. The van der Waals surface area contributed by atoms with Gasteiger partial charge in [0.15, 0.2) is 0 Å². The van der Waals surface area contributed by atoms with Gasteiger partial charge in [-0.05, 0) is 43.4 Å². The molecule has 6 nitrogen and oxygen atoms in total. The van der Waals surface area contributed by atoms with Crippen LogP contribution in [0.15, 0.2) is 18.2 Å². The summed E-state index contributed by atoms with van der Waals surface area (Å²) < 4.78 is 11.4. The van der Waals surface area contributed by atoms with Crippen LogP contribution in [0.3, 0.4) is 0 Å². The maximum Gasteiger partial charge on any atom is 0.317 e. The maximum absolute atomic E-state index is 12.4. The lowest BCUT2D eigenvalue weighted by Gasteiger charge is -2.24. The molecule has 0 unspecified atom stereocenters. The van der Waals surface area contributed by atoms with Crippen molar-refractivity contribution in [3.63, 3.8) is 0 Å². The van der Waals surface area contributed by atoms with Gasteiger partial charge >= 0.3 is 6.03 Å². The van der Waals surface area contributed by atoms with E-state index in [2.05, 4.69) is 5.32 Å². The molecule has 0 radical (unpaired) electrons. The SMILES string of the molecule is O=C(NCC[C@H]1CCCCO1)N1CCOc2ccc(CO)cc2C1. The third-order valence-electron chi connectivity index (χ3n) is 4.59. The van der Waals surface area contributed by atoms with Crippen LogP contribution in [0.2, 0.25) is 0 Å². The number of hydrogen-bond acceptors (Lipinski definition) is 4. The zero-order chi connectivity index (χ0) is 16.8. The monoisotopic (exact) mass is 334 g/mol. The summed E-state index contributed by atoms with van der Waals surface area (Å²) in [5.41, 5.74) is 1.76. The van der Waals surface area contributed by atoms with Crippen LogP contribution in [0.4, 0.5) is 4.79 Å². The highest BCUT2D eigenvalue weighted by Gasteiger charge is 2.20. The largest absolute Gasteiger partial charge is 0.491 e. The Labute approximate surface area is 142 Å². The highest BCUT2D eigenvalue weighted by atomic mass is 16.5. The van der Waals surface area contributed by atoms with E-state index in [0.717, 1.165) is 42.7 Å². The van der Waals surface area contributed by atoms with Crippen molar-refractivity contribution in [1.82, 2.24) is 10.2 Å². The van der Waals surface area contributed by atoms with Crippen LogP contribution < -0.4 is 10.1 Å². The fourth-order valence-electron chi connectivity index (χ4n) is 3.21. The molecule has 2 aliphatic heterocycles. The van der Waals surface area contributed by atoms with Gasteiger partial charge in [0, 0.05) is 18.7 Å². The summed E-state index contributed by atoms with van der Waals surface area (Å²) in [4.78, 5) is 14.2. The minimum atomic E-state index is -0.0725. The van der Waals surface area contributed by atoms with E-state index in [1.54, 1.807) is 4.90 Å². The van der Waals surface area contributed by atoms with Crippen molar-refractivity contribution in [3.05, 3.63) is 29.3 Å². The smallest absolute Gasteiger partial charge is 0.317 e. The van der Waals surface area contributed by atoms with Gasteiger partial charge in [-0.2, -0.15) is 0 Å². The topological polar surface area (TPSA) is 71.0 Å². The number of urea groups is 1. The summed E-state index contributed by atoms with van der Waals surface area (Å²) in [7, 11) is 0. The predicted octanol–water partition coefficient (Wildman–Crippen LogP) is 2.04. The fourth-order valence-corrected chi connectivity index (χ4v) is 3.21. The maximum atomic E-state index is 12.4. The molecule has 1 fully saturated rings. The van der Waals surface area contributed by atoms with Crippen molar-refractivity contribution < 1.29 is 19.4 Å². The van der Waals surface area contributed by atoms with E-state index in [0.29, 0.717) is 26.2 Å². The van der Waals surface area contributed by atoms with Gasteiger partial charge in [0.05, 0.1) is 25.8 Å². The predicted molar refractivity (Wildman–Crippen MR) is 89.9 cm³/mol. The van der Waals surface area contributed by atoms with E-state index in [1.807, 2.05) is 18.2 Å². The first-order valence-electron chi connectivity index (χ1n) is 8.76. The molecule has 1 aromatic carbocycles. The van der Waals surface area contributed by atoms with Gasteiger partial charge in [0.1, 0.15) is 12.4 Å². The van der Waals surface area contributed by atoms with Crippen LogP contribution >= 0.6 is 0 Å². The summed E-state index contributed by atoms with van der Waals surface area (Å²) in [6.45, 7) is 2.98. The molecular weight excluding hydrogens is 308 g/mol. The van der Waals surface area contributed by atoms with E-state index in [4.69, 9.17) is 9.47 Å². The molecule has 0 aromatic heterocycles. The number of carbonyl (C=O) groups excluding carboxylic acids is 1. The van der Waals surface area contributed by atoms with Gasteiger partial charge in [-0.1, -0.05) is 6.07 Å². The van der Waals surface area contributed by atoms with Gasteiger partial charge in [0.25, 0.3) is 0 Å². The molecule has 2 amide bonds. The molecular formula is C18H26N2O4. The highest BCUT2D eigenvalue weighted by molar-refractivity contribution is 5.74. The Hall–Kier alpha value is -1.79. The number of aliphatic hydroxyl groups excluding tert-OH is 1. The Morgan fingerprint density at radius 3 is 3.04 bits per heavy atom. The lowest BCUT2D eigenvalue weighted by Crippen LogP contribution is -2.41. The Morgan fingerprint density at radius 1 is 1.33 bits per heavy atom. The summed E-state index contributed by atoms with van der Waals surface area (Å²) in [6.07, 6.45) is 4.59. The van der Waals surface area contributed by atoms with Crippen LogP contribution in [0, 0.1) is 0 Å². The van der Waals surface area contributed by atoms with Crippen molar-refractivity contribution >= 4 is 6.03 Å². The minimum Gasteiger partial charge on any atom is -0.491 e. The van der Waals surface area contributed by atoms with Crippen molar-refractivity contribution in [2.45, 2.75) is 44.9 Å². The number of aliphatic hydroxyl groups is 1. The molecule has 2 heterocycles.